The maximum atomic E-state index is 13.1. The van der Waals surface area contributed by atoms with Gasteiger partial charge in [-0.25, -0.2) is 0 Å². The SMILES string of the molecule is CCNC(=O)[C@H](CC)N(Cc1ccc(C)cc1)C(=O)CCCOc1ccc(C)cc1. The largest absolute Gasteiger partial charge is 0.494 e. The van der Waals surface area contributed by atoms with Crippen molar-refractivity contribution in [3.05, 3.63) is 65.2 Å². The van der Waals surface area contributed by atoms with E-state index in [2.05, 4.69) is 5.32 Å². The molecule has 0 aliphatic heterocycles. The number of ether oxygens (including phenoxy) is 1. The fraction of sp³-hybridized carbons (Fsp3) is 0.440. The second-order valence-corrected chi connectivity index (χ2v) is 7.59. The van der Waals surface area contributed by atoms with Crippen molar-refractivity contribution < 1.29 is 14.3 Å². The van der Waals surface area contributed by atoms with E-state index in [4.69, 9.17) is 4.74 Å². The number of benzene rings is 2. The van der Waals surface area contributed by atoms with Crippen LogP contribution in [-0.4, -0.2) is 35.9 Å². The van der Waals surface area contributed by atoms with Crippen LogP contribution >= 0.6 is 0 Å². The van der Waals surface area contributed by atoms with Crippen LogP contribution in [0.2, 0.25) is 0 Å². The first-order valence-electron chi connectivity index (χ1n) is 10.8. The molecule has 5 nitrogen and oxygen atoms in total. The van der Waals surface area contributed by atoms with Crippen molar-refractivity contribution in [3.63, 3.8) is 0 Å². The Morgan fingerprint density at radius 1 is 0.967 bits per heavy atom. The molecule has 2 rings (SSSR count). The Kier molecular flexibility index (Phi) is 9.39. The van der Waals surface area contributed by atoms with Crippen LogP contribution in [0.5, 0.6) is 5.75 Å². The van der Waals surface area contributed by atoms with Crippen LogP contribution < -0.4 is 10.1 Å². The molecule has 0 spiro atoms. The third-order valence-corrected chi connectivity index (χ3v) is 5.04. The van der Waals surface area contributed by atoms with Crippen molar-refractivity contribution in [2.75, 3.05) is 13.2 Å². The summed E-state index contributed by atoms with van der Waals surface area (Å²) in [5, 5.41) is 2.86. The Morgan fingerprint density at radius 3 is 2.13 bits per heavy atom. The average Bonchev–Trinajstić information content (AvgIpc) is 2.74. The summed E-state index contributed by atoms with van der Waals surface area (Å²) in [6.45, 7) is 9.33. The van der Waals surface area contributed by atoms with E-state index < -0.39 is 6.04 Å². The molecule has 1 atom stereocenters. The molecule has 2 amide bonds. The standard InChI is InChI=1S/C25H34N2O3/c1-5-23(25(29)26-6-2)27(18-21-13-9-19(3)10-14-21)24(28)8-7-17-30-22-15-11-20(4)12-16-22/h9-16,23H,5-8,17-18H2,1-4H3,(H,26,29)/t23-/m0/s1. The minimum atomic E-state index is -0.475. The van der Waals surface area contributed by atoms with E-state index in [0.717, 1.165) is 11.3 Å². The van der Waals surface area contributed by atoms with Crippen LogP contribution in [0.25, 0.3) is 0 Å². The van der Waals surface area contributed by atoms with Gasteiger partial charge in [0.25, 0.3) is 0 Å². The predicted octanol–water partition coefficient (Wildman–Crippen LogP) is 4.41. The van der Waals surface area contributed by atoms with Gasteiger partial charge < -0.3 is 15.0 Å². The Hall–Kier alpha value is -2.82. The number of rotatable bonds is 11. The lowest BCUT2D eigenvalue weighted by Crippen LogP contribution is -2.49. The third-order valence-electron chi connectivity index (χ3n) is 5.04. The molecule has 0 heterocycles. The van der Waals surface area contributed by atoms with Gasteiger partial charge >= 0.3 is 0 Å². The average molecular weight is 411 g/mol. The van der Waals surface area contributed by atoms with Gasteiger partial charge in [0, 0.05) is 19.5 Å². The van der Waals surface area contributed by atoms with Crippen LogP contribution in [0.4, 0.5) is 0 Å². The molecule has 2 aromatic rings. The van der Waals surface area contributed by atoms with Crippen LogP contribution in [0.3, 0.4) is 0 Å². The maximum Gasteiger partial charge on any atom is 0.242 e. The Balaban J connectivity index is 2.01. The van der Waals surface area contributed by atoms with Crippen LogP contribution in [0, 0.1) is 13.8 Å². The van der Waals surface area contributed by atoms with Crippen molar-refractivity contribution in [3.8, 4) is 5.75 Å². The van der Waals surface area contributed by atoms with E-state index in [-0.39, 0.29) is 11.8 Å². The van der Waals surface area contributed by atoms with Gasteiger partial charge in [-0.1, -0.05) is 54.4 Å². The van der Waals surface area contributed by atoms with E-state index in [1.165, 1.54) is 11.1 Å². The summed E-state index contributed by atoms with van der Waals surface area (Å²) in [6.07, 6.45) is 1.51. The molecule has 0 bridgehead atoms. The number of carbonyl (C=O) groups excluding carboxylic acids is 2. The molecule has 0 radical (unpaired) electrons. The van der Waals surface area contributed by atoms with Gasteiger partial charge in [-0.15, -0.1) is 0 Å². The Labute approximate surface area is 180 Å². The summed E-state index contributed by atoms with van der Waals surface area (Å²) in [6, 6.07) is 15.5. The molecule has 30 heavy (non-hydrogen) atoms. The first-order valence-corrected chi connectivity index (χ1v) is 10.8. The number of aryl methyl sites for hydroxylation is 2. The zero-order valence-electron chi connectivity index (χ0n) is 18.6. The highest BCUT2D eigenvalue weighted by Gasteiger charge is 2.27. The van der Waals surface area contributed by atoms with Gasteiger partial charge in [0.05, 0.1) is 6.61 Å². The van der Waals surface area contributed by atoms with E-state index in [1.807, 2.05) is 76.2 Å². The summed E-state index contributed by atoms with van der Waals surface area (Å²) in [5.74, 6) is 0.677. The summed E-state index contributed by atoms with van der Waals surface area (Å²) < 4.78 is 5.75. The van der Waals surface area contributed by atoms with Crippen LogP contribution in [0.15, 0.2) is 48.5 Å². The first kappa shape index (κ1) is 23.5. The highest BCUT2D eigenvalue weighted by molar-refractivity contribution is 5.87. The minimum absolute atomic E-state index is 0.0267. The summed E-state index contributed by atoms with van der Waals surface area (Å²) in [4.78, 5) is 27.4. The lowest BCUT2D eigenvalue weighted by Gasteiger charge is -2.30. The normalized spacial score (nSPS) is 11.6. The van der Waals surface area contributed by atoms with Crippen molar-refractivity contribution in [1.82, 2.24) is 10.2 Å². The summed E-state index contributed by atoms with van der Waals surface area (Å²) in [5.41, 5.74) is 3.37. The molecular formula is C25H34N2O3. The second-order valence-electron chi connectivity index (χ2n) is 7.59. The smallest absolute Gasteiger partial charge is 0.242 e. The van der Waals surface area contributed by atoms with Gasteiger partial charge in [0.15, 0.2) is 0 Å². The van der Waals surface area contributed by atoms with Crippen molar-refractivity contribution >= 4 is 11.8 Å². The zero-order valence-corrected chi connectivity index (χ0v) is 18.6. The molecule has 0 saturated heterocycles. The molecular weight excluding hydrogens is 376 g/mol. The van der Waals surface area contributed by atoms with E-state index >= 15 is 0 Å². The molecule has 0 saturated carbocycles. The number of nitrogens with zero attached hydrogens (tertiary/aromatic N) is 1. The second kappa shape index (κ2) is 12.0. The quantitative estimate of drug-likeness (QED) is 0.559. The molecule has 162 valence electrons. The molecule has 0 unspecified atom stereocenters. The number of hydrogen-bond donors (Lipinski definition) is 1. The Bertz CT molecular complexity index is 800. The molecule has 0 fully saturated rings. The van der Waals surface area contributed by atoms with Gasteiger partial charge in [0.1, 0.15) is 11.8 Å². The number of nitrogens with one attached hydrogen (secondary N) is 1. The van der Waals surface area contributed by atoms with Crippen molar-refractivity contribution in [1.29, 1.82) is 0 Å². The van der Waals surface area contributed by atoms with Crippen LogP contribution in [0.1, 0.15) is 49.8 Å². The van der Waals surface area contributed by atoms with E-state index in [1.54, 1.807) is 4.90 Å². The number of amides is 2. The number of hydrogen-bond acceptors (Lipinski definition) is 3. The molecule has 5 heteroatoms. The molecule has 0 aliphatic rings. The summed E-state index contributed by atoms with van der Waals surface area (Å²) >= 11 is 0. The Morgan fingerprint density at radius 2 is 1.57 bits per heavy atom. The minimum Gasteiger partial charge on any atom is -0.494 e. The van der Waals surface area contributed by atoms with Gasteiger partial charge in [-0.3, -0.25) is 9.59 Å². The third kappa shape index (κ3) is 7.21. The van der Waals surface area contributed by atoms with E-state index in [0.29, 0.717) is 39.0 Å². The molecule has 0 aromatic heterocycles. The van der Waals surface area contributed by atoms with Gasteiger partial charge in [-0.05, 0) is 51.3 Å². The van der Waals surface area contributed by atoms with Crippen molar-refractivity contribution in [2.45, 2.75) is 59.5 Å². The van der Waals surface area contributed by atoms with Gasteiger partial charge in [-0.2, -0.15) is 0 Å². The fourth-order valence-corrected chi connectivity index (χ4v) is 3.29. The van der Waals surface area contributed by atoms with E-state index in [9.17, 15) is 9.59 Å². The van der Waals surface area contributed by atoms with Gasteiger partial charge in [0.2, 0.25) is 11.8 Å². The molecule has 0 aliphatic carbocycles. The fourth-order valence-electron chi connectivity index (χ4n) is 3.29. The lowest BCUT2D eigenvalue weighted by atomic mass is 10.1. The zero-order chi connectivity index (χ0) is 21.9. The molecule has 2 aromatic carbocycles. The highest BCUT2D eigenvalue weighted by Crippen LogP contribution is 2.16. The lowest BCUT2D eigenvalue weighted by molar-refractivity contribution is -0.141. The number of carbonyl (C=O) groups is 2. The topological polar surface area (TPSA) is 58.6 Å². The predicted molar refractivity (Wildman–Crippen MR) is 120 cm³/mol. The number of likely N-dealkylation sites (N-methyl/N-ethyl adjacent to an activating group) is 1. The molecule has 1 N–H and O–H groups in total. The van der Waals surface area contributed by atoms with Crippen molar-refractivity contribution in [2.24, 2.45) is 0 Å². The first-order chi connectivity index (χ1) is 14.4. The summed E-state index contributed by atoms with van der Waals surface area (Å²) in [7, 11) is 0. The monoisotopic (exact) mass is 410 g/mol. The highest BCUT2D eigenvalue weighted by atomic mass is 16.5. The van der Waals surface area contributed by atoms with Crippen LogP contribution in [-0.2, 0) is 16.1 Å². The maximum absolute atomic E-state index is 13.1.